The summed E-state index contributed by atoms with van der Waals surface area (Å²) in [6.07, 6.45) is -1.10. The Kier molecular flexibility index (Phi) is 9.86. The second-order valence-electron chi connectivity index (χ2n) is 7.85. The molecule has 0 spiro atoms. The Balaban J connectivity index is 0.00000341. The first-order chi connectivity index (χ1) is 14.4. The Labute approximate surface area is 198 Å². The van der Waals surface area contributed by atoms with Crippen LogP contribution in [0.2, 0.25) is 0 Å². The molecule has 0 bridgehead atoms. The summed E-state index contributed by atoms with van der Waals surface area (Å²) in [7, 11) is 1.63. The standard InChI is InChI=1S/C21H30F3N5O.HI/c1-25-20(27-15-16-4-2-7-18(14-16)21(22,23)24)26-8-9-28-10-12-29(13-11-28)19(30)17-5-3-6-17;/h2,4,7,14,17H,3,5-6,8-13,15H2,1H3,(H2,25,26,27);1H. The van der Waals surface area contributed by atoms with Crippen molar-refractivity contribution in [2.45, 2.75) is 32.0 Å². The van der Waals surface area contributed by atoms with Crippen LogP contribution in [0.4, 0.5) is 13.2 Å². The quantitative estimate of drug-likeness (QED) is 0.323. The maximum Gasteiger partial charge on any atom is 0.416 e. The number of guanidine groups is 1. The Morgan fingerprint density at radius 2 is 1.87 bits per heavy atom. The molecule has 2 aliphatic rings. The molecule has 0 unspecified atom stereocenters. The summed E-state index contributed by atoms with van der Waals surface area (Å²) in [5.41, 5.74) is -0.111. The largest absolute Gasteiger partial charge is 0.416 e. The van der Waals surface area contributed by atoms with Gasteiger partial charge in [0.1, 0.15) is 0 Å². The highest BCUT2D eigenvalue weighted by molar-refractivity contribution is 14.0. The molecule has 6 nitrogen and oxygen atoms in total. The fourth-order valence-corrected chi connectivity index (χ4v) is 3.70. The third-order valence-electron chi connectivity index (χ3n) is 5.80. The number of alkyl halides is 3. The number of carbonyl (C=O) groups excluding carboxylic acids is 1. The van der Waals surface area contributed by atoms with E-state index in [1.54, 1.807) is 13.1 Å². The molecular weight excluding hydrogens is 522 g/mol. The molecule has 1 aliphatic carbocycles. The van der Waals surface area contributed by atoms with Crippen LogP contribution in [0.25, 0.3) is 0 Å². The highest BCUT2D eigenvalue weighted by Crippen LogP contribution is 2.29. The molecule has 31 heavy (non-hydrogen) atoms. The number of nitrogens with zero attached hydrogens (tertiary/aromatic N) is 3. The van der Waals surface area contributed by atoms with E-state index >= 15 is 0 Å². The van der Waals surface area contributed by atoms with Crippen LogP contribution in [0.1, 0.15) is 30.4 Å². The minimum absolute atomic E-state index is 0. The molecule has 0 radical (unpaired) electrons. The van der Waals surface area contributed by atoms with Gasteiger partial charge in [-0.1, -0.05) is 18.6 Å². The number of piperazine rings is 1. The molecule has 1 aromatic rings. The van der Waals surface area contributed by atoms with Gasteiger partial charge in [-0.2, -0.15) is 13.2 Å². The maximum absolute atomic E-state index is 12.8. The summed E-state index contributed by atoms with van der Waals surface area (Å²) in [5.74, 6) is 1.12. The molecule has 174 valence electrons. The van der Waals surface area contributed by atoms with Crippen LogP contribution in [0.15, 0.2) is 29.3 Å². The molecule has 2 fully saturated rings. The summed E-state index contributed by atoms with van der Waals surface area (Å²) >= 11 is 0. The van der Waals surface area contributed by atoms with E-state index in [-0.39, 0.29) is 36.4 Å². The number of aliphatic imine (C=N–C) groups is 1. The van der Waals surface area contributed by atoms with Crippen molar-refractivity contribution < 1.29 is 18.0 Å². The second kappa shape index (κ2) is 11.9. The lowest BCUT2D eigenvalue weighted by molar-refractivity contribution is -0.140. The summed E-state index contributed by atoms with van der Waals surface area (Å²) in [5, 5.41) is 6.25. The van der Waals surface area contributed by atoms with Gasteiger partial charge in [-0.15, -0.1) is 24.0 Å². The average molecular weight is 553 g/mol. The Hall–Kier alpha value is -1.56. The van der Waals surface area contributed by atoms with Gasteiger partial charge in [-0.25, -0.2) is 0 Å². The molecule has 3 rings (SSSR count). The number of halogens is 4. The minimum Gasteiger partial charge on any atom is -0.355 e. The maximum atomic E-state index is 12.8. The van der Waals surface area contributed by atoms with Crippen LogP contribution < -0.4 is 10.6 Å². The molecule has 10 heteroatoms. The van der Waals surface area contributed by atoms with Crippen LogP contribution in [0.3, 0.4) is 0 Å². The van der Waals surface area contributed by atoms with Gasteiger partial charge < -0.3 is 15.5 Å². The summed E-state index contributed by atoms with van der Waals surface area (Å²) < 4.78 is 38.5. The van der Waals surface area contributed by atoms with Crippen LogP contribution in [-0.2, 0) is 17.5 Å². The van der Waals surface area contributed by atoms with Gasteiger partial charge in [0, 0.05) is 58.8 Å². The fourth-order valence-electron chi connectivity index (χ4n) is 3.70. The zero-order chi connectivity index (χ0) is 21.6. The fraction of sp³-hybridized carbons (Fsp3) is 0.619. The van der Waals surface area contributed by atoms with Crippen LogP contribution >= 0.6 is 24.0 Å². The zero-order valence-corrected chi connectivity index (χ0v) is 20.1. The summed E-state index contributed by atoms with van der Waals surface area (Å²) in [6.45, 7) is 5.00. The number of hydrogen-bond acceptors (Lipinski definition) is 3. The normalized spacial score (nSPS) is 18.2. The van der Waals surface area contributed by atoms with E-state index in [9.17, 15) is 18.0 Å². The summed E-state index contributed by atoms with van der Waals surface area (Å²) in [6, 6.07) is 5.27. The smallest absolute Gasteiger partial charge is 0.355 e. The van der Waals surface area contributed by atoms with Crippen molar-refractivity contribution in [1.82, 2.24) is 20.4 Å². The molecule has 1 heterocycles. The first-order valence-electron chi connectivity index (χ1n) is 10.5. The first kappa shape index (κ1) is 25.7. The van der Waals surface area contributed by atoms with Gasteiger partial charge >= 0.3 is 6.18 Å². The van der Waals surface area contributed by atoms with E-state index < -0.39 is 11.7 Å². The number of nitrogens with one attached hydrogen (secondary N) is 2. The molecule has 1 aliphatic heterocycles. The molecular formula is C21H31F3IN5O. The van der Waals surface area contributed by atoms with E-state index in [4.69, 9.17) is 0 Å². The third-order valence-corrected chi connectivity index (χ3v) is 5.80. The Morgan fingerprint density at radius 3 is 2.45 bits per heavy atom. The number of rotatable bonds is 6. The highest BCUT2D eigenvalue weighted by atomic mass is 127. The van der Waals surface area contributed by atoms with Crippen molar-refractivity contribution >= 4 is 35.8 Å². The van der Waals surface area contributed by atoms with E-state index in [0.717, 1.165) is 57.7 Å². The van der Waals surface area contributed by atoms with Crippen molar-refractivity contribution in [2.75, 3.05) is 46.3 Å². The molecule has 0 atom stereocenters. The molecule has 2 N–H and O–H groups in total. The number of benzene rings is 1. The van der Waals surface area contributed by atoms with Crippen LogP contribution in [0.5, 0.6) is 0 Å². The monoisotopic (exact) mass is 553 g/mol. The topological polar surface area (TPSA) is 60.0 Å². The zero-order valence-electron chi connectivity index (χ0n) is 17.7. The molecule has 1 saturated heterocycles. The highest BCUT2D eigenvalue weighted by Gasteiger charge is 2.31. The van der Waals surface area contributed by atoms with Gasteiger partial charge in [-0.05, 0) is 30.5 Å². The number of amides is 1. The van der Waals surface area contributed by atoms with Crippen LogP contribution in [-0.4, -0.2) is 68.0 Å². The predicted octanol–water partition coefficient (Wildman–Crippen LogP) is 2.93. The molecule has 1 aromatic carbocycles. The average Bonchev–Trinajstić information content (AvgIpc) is 2.69. The van der Waals surface area contributed by atoms with E-state index in [1.165, 1.54) is 12.5 Å². The van der Waals surface area contributed by atoms with E-state index in [0.29, 0.717) is 24.0 Å². The lowest BCUT2D eigenvalue weighted by Gasteiger charge is -2.38. The minimum atomic E-state index is -4.34. The van der Waals surface area contributed by atoms with Gasteiger partial charge in [0.2, 0.25) is 5.91 Å². The Bertz CT molecular complexity index is 747. The SMILES string of the molecule is CN=C(NCCN1CCN(C(=O)C2CCC2)CC1)NCc1cccc(C(F)(F)F)c1.I. The first-order valence-corrected chi connectivity index (χ1v) is 10.5. The molecule has 1 amide bonds. The van der Waals surface area contributed by atoms with Crippen molar-refractivity contribution in [1.29, 1.82) is 0 Å². The summed E-state index contributed by atoms with van der Waals surface area (Å²) in [4.78, 5) is 20.7. The molecule has 0 aromatic heterocycles. The number of hydrogen-bond donors (Lipinski definition) is 2. The Morgan fingerprint density at radius 1 is 1.16 bits per heavy atom. The predicted molar refractivity (Wildman–Crippen MR) is 125 cm³/mol. The van der Waals surface area contributed by atoms with Crippen molar-refractivity contribution in [3.63, 3.8) is 0 Å². The van der Waals surface area contributed by atoms with Gasteiger partial charge in [0.05, 0.1) is 5.56 Å². The van der Waals surface area contributed by atoms with Gasteiger partial charge in [-0.3, -0.25) is 14.7 Å². The van der Waals surface area contributed by atoms with E-state index in [2.05, 4.69) is 20.5 Å². The third kappa shape index (κ3) is 7.51. The van der Waals surface area contributed by atoms with Crippen molar-refractivity contribution in [3.8, 4) is 0 Å². The lowest BCUT2D eigenvalue weighted by Crippen LogP contribution is -2.52. The lowest BCUT2D eigenvalue weighted by atomic mass is 9.84. The van der Waals surface area contributed by atoms with E-state index in [1.807, 2.05) is 4.90 Å². The second-order valence-corrected chi connectivity index (χ2v) is 7.85. The van der Waals surface area contributed by atoms with Gasteiger partial charge in [0.15, 0.2) is 5.96 Å². The molecule has 1 saturated carbocycles. The van der Waals surface area contributed by atoms with Gasteiger partial charge in [0.25, 0.3) is 0 Å². The van der Waals surface area contributed by atoms with Crippen molar-refractivity contribution in [3.05, 3.63) is 35.4 Å². The number of carbonyl (C=O) groups is 1. The van der Waals surface area contributed by atoms with Crippen LogP contribution in [0, 0.1) is 5.92 Å². The van der Waals surface area contributed by atoms with Crippen molar-refractivity contribution in [2.24, 2.45) is 10.9 Å².